The van der Waals surface area contributed by atoms with E-state index in [0.717, 1.165) is 18.5 Å². The molecule has 1 aliphatic heterocycles. The fourth-order valence-corrected chi connectivity index (χ4v) is 3.70. The summed E-state index contributed by atoms with van der Waals surface area (Å²) in [7, 11) is -1.83. The maximum absolute atomic E-state index is 12.4. The number of likely N-dealkylation sites (N-methyl/N-ethyl adjacent to an activating group) is 1. The SMILES string of the molecule is Cc1ccc(S(=O)(=O)N(C)C2CCNC2)cc1Cl.Cl. The first-order valence-corrected chi connectivity index (χ1v) is 7.69. The van der Waals surface area contributed by atoms with E-state index in [1.165, 1.54) is 10.4 Å². The van der Waals surface area contributed by atoms with E-state index >= 15 is 0 Å². The molecule has 2 rings (SSSR count). The average Bonchev–Trinajstić information content (AvgIpc) is 2.85. The Morgan fingerprint density at radius 1 is 1.42 bits per heavy atom. The van der Waals surface area contributed by atoms with Crippen molar-refractivity contribution in [2.75, 3.05) is 20.1 Å². The lowest BCUT2D eigenvalue weighted by atomic mass is 10.2. The third kappa shape index (κ3) is 3.41. The summed E-state index contributed by atoms with van der Waals surface area (Å²) in [5.41, 5.74) is 0.876. The molecular formula is C12H18Cl2N2O2S. The topological polar surface area (TPSA) is 49.4 Å². The van der Waals surface area contributed by atoms with E-state index in [1.54, 1.807) is 19.2 Å². The van der Waals surface area contributed by atoms with E-state index in [4.69, 9.17) is 11.6 Å². The molecular weight excluding hydrogens is 307 g/mol. The standard InChI is InChI=1S/C12H17ClN2O2S.ClH/c1-9-3-4-11(7-12(9)13)18(16,17)15(2)10-5-6-14-8-10;/h3-4,7,10,14H,5-6,8H2,1-2H3;1H. The summed E-state index contributed by atoms with van der Waals surface area (Å²) >= 11 is 5.99. The van der Waals surface area contributed by atoms with Crippen molar-refractivity contribution in [3.8, 4) is 0 Å². The van der Waals surface area contributed by atoms with Crippen LogP contribution in [0.2, 0.25) is 5.02 Å². The van der Waals surface area contributed by atoms with Gasteiger partial charge in [-0.1, -0.05) is 17.7 Å². The highest BCUT2D eigenvalue weighted by Crippen LogP contribution is 2.24. The molecule has 0 saturated carbocycles. The van der Waals surface area contributed by atoms with Gasteiger partial charge in [0.2, 0.25) is 10.0 Å². The second-order valence-corrected chi connectivity index (χ2v) is 6.98. The highest BCUT2D eigenvalue weighted by atomic mass is 35.5. The Kier molecular flexibility index (Phi) is 5.65. The minimum Gasteiger partial charge on any atom is -0.315 e. The molecule has 0 aromatic heterocycles. The van der Waals surface area contributed by atoms with Gasteiger partial charge in [0.05, 0.1) is 4.90 Å². The molecule has 4 nitrogen and oxygen atoms in total. The van der Waals surface area contributed by atoms with Crippen LogP contribution in [0.3, 0.4) is 0 Å². The van der Waals surface area contributed by atoms with Crippen molar-refractivity contribution in [3.05, 3.63) is 28.8 Å². The zero-order valence-corrected chi connectivity index (χ0v) is 13.3. The molecule has 108 valence electrons. The van der Waals surface area contributed by atoms with Crippen LogP contribution in [0, 0.1) is 6.92 Å². The van der Waals surface area contributed by atoms with Crippen molar-refractivity contribution < 1.29 is 8.42 Å². The summed E-state index contributed by atoms with van der Waals surface area (Å²) in [5, 5.41) is 3.65. The minimum absolute atomic E-state index is 0. The molecule has 1 aromatic carbocycles. The summed E-state index contributed by atoms with van der Waals surface area (Å²) in [6.07, 6.45) is 0.843. The zero-order chi connectivity index (χ0) is 13.3. The molecule has 1 heterocycles. The number of rotatable bonds is 3. The lowest BCUT2D eigenvalue weighted by molar-refractivity contribution is 0.388. The van der Waals surface area contributed by atoms with Crippen LogP contribution in [0.15, 0.2) is 23.1 Å². The first kappa shape index (κ1) is 16.7. The van der Waals surface area contributed by atoms with Crippen molar-refractivity contribution in [2.45, 2.75) is 24.3 Å². The van der Waals surface area contributed by atoms with Crippen molar-refractivity contribution in [1.29, 1.82) is 0 Å². The lowest BCUT2D eigenvalue weighted by Gasteiger charge is -2.23. The summed E-state index contributed by atoms with van der Waals surface area (Å²) in [5.74, 6) is 0. The number of benzene rings is 1. The maximum Gasteiger partial charge on any atom is 0.243 e. The number of halogens is 2. The third-order valence-electron chi connectivity index (χ3n) is 3.37. The van der Waals surface area contributed by atoms with Crippen LogP contribution in [0.1, 0.15) is 12.0 Å². The summed E-state index contributed by atoms with van der Waals surface area (Å²) in [6, 6.07) is 4.88. The van der Waals surface area contributed by atoms with Crippen molar-refractivity contribution in [2.24, 2.45) is 0 Å². The van der Waals surface area contributed by atoms with E-state index in [1.807, 2.05) is 6.92 Å². The van der Waals surface area contributed by atoms with Gasteiger partial charge in [0.1, 0.15) is 0 Å². The van der Waals surface area contributed by atoms with Gasteiger partial charge >= 0.3 is 0 Å². The Bertz CT molecular complexity index is 543. The number of hydrogen-bond acceptors (Lipinski definition) is 3. The highest BCUT2D eigenvalue weighted by Gasteiger charge is 2.30. The van der Waals surface area contributed by atoms with Crippen molar-refractivity contribution in [1.82, 2.24) is 9.62 Å². The van der Waals surface area contributed by atoms with E-state index in [2.05, 4.69) is 5.32 Å². The average molecular weight is 325 g/mol. The molecule has 1 N–H and O–H groups in total. The smallest absolute Gasteiger partial charge is 0.243 e. The minimum atomic E-state index is -3.45. The van der Waals surface area contributed by atoms with Crippen LogP contribution >= 0.6 is 24.0 Å². The first-order valence-electron chi connectivity index (χ1n) is 5.88. The fraction of sp³-hybridized carbons (Fsp3) is 0.500. The Hall–Kier alpha value is -0.330. The van der Waals surface area contributed by atoms with Gasteiger partial charge in [-0.3, -0.25) is 0 Å². The van der Waals surface area contributed by atoms with Gasteiger partial charge in [-0.15, -0.1) is 12.4 Å². The van der Waals surface area contributed by atoms with E-state index in [9.17, 15) is 8.42 Å². The van der Waals surface area contributed by atoms with Crippen LogP contribution in [-0.4, -0.2) is 38.9 Å². The Labute approximate surface area is 125 Å². The fourth-order valence-electron chi connectivity index (χ4n) is 2.05. The maximum atomic E-state index is 12.4. The molecule has 1 aliphatic rings. The zero-order valence-electron chi connectivity index (χ0n) is 10.9. The molecule has 0 aliphatic carbocycles. The predicted molar refractivity (Wildman–Crippen MR) is 79.7 cm³/mol. The third-order valence-corrected chi connectivity index (χ3v) is 5.68. The summed E-state index contributed by atoms with van der Waals surface area (Å²) in [4.78, 5) is 0.257. The molecule has 1 unspecified atom stereocenters. The van der Waals surface area contributed by atoms with Crippen LogP contribution in [-0.2, 0) is 10.0 Å². The Balaban J connectivity index is 0.00000180. The van der Waals surface area contributed by atoms with E-state index < -0.39 is 10.0 Å². The van der Waals surface area contributed by atoms with Crippen molar-refractivity contribution in [3.63, 3.8) is 0 Å². The van der Waals surface area contributed by atoms with Crippen molar-refractivity contribution >= 4 is 34.0 Å². The molecule has 1 saturated heterocycles. The molecule has 1 atom stereocenters. The van der Waals surface area contributed by atoms with Gasteiger partial charge < -0.3 is 5.32 Å². The van der Waals surface area contributed by atoms with Gasteiger partial charge in [-0.2, -0.15) is 4.31 Å². The number of sulfonamides is 1. The lowest BCUT2D eigenvalue weighted by Crippen LogP contribution is -2.38. The van der Waals surface area contributed by atoms with Crippen LogP contribution in [0.25, 0.3) is 0 Å². The van der Waals surface area contributed by atoms with Gasteiger partial charge in [0.15, 0.2) is 0 Å². The van der Waals surface area contributed by atoms with Crippen LogP contribution in [0.5, 0.6) is 0 Å². The second kappa shape index (κ2) is 6.41. The van der Waals surface area contributed by atoms with Gasteiger partial charge in [-0.05, 0) is 37.6 Å². The molecule has 0 radical (unpaired) electrons. The van der Waals surface area contributed by atoms with Gasteiger partial charge in [0.25, 0.3) is 0 Å². The van der Waals surface area contributed by atoms with E-state index in [-0.39, 0.29) is 23.3 Å². The molecule has 1 aromatic rings. The van der Waals surface area contributed by atoms with Gasteiger partial charge in [0, 0.05) is 24.7 Å². The number of hydrogen-bond donors (Lipinski definition) is 1. The normalized spacial score (nSPS) is 19.5. The molecule has 7 heteroatoms. The molecule has 0 amide bonds. The summed E-state index contributed by atoms with van der Waals surface area (Å²) < 4.78 is 26.3. The van der Waals surface area contributed by atoms with Crippen LogP contribution in [0.4, 0.5) is 0 Å². The highest BCUT2D eigenvalue weighted by molar-refractivity contribution is 7.89. The Morgan fingerprint density at radius 3 is 2.63 bits per heavy atom. The monoisotopic (exact) mass is 324 g/mol. The largest absolute Gasteiger partial charge is 0.315 e. The summed E-state index contributed by atoms with van der Waals surface area (Å²) in [6.45, 7) is 3.41. The van der Waals surface area contributed by atoms with Gasteiger partial charge in [-0.25, -0.2) is 8.42 Å². The van der Waals surface area contributed by atoms with Crippen LogP contribution < -0.4 is 5.32 Å². The number of nitrogens with one attached hydrogen (secondary N) is 1. The molecule has 0 bridgehead atoms. The Morgan fingerprint density at radius 2 is 2.11 bits per heavy atom. The first-order chi connectivity index (χ1) is 8.43. The quantitative estimate of drug-likeness (QED) is 0.925. The molecule has 0 spiro atoms. The number of aryl methyl sites for hydroxylation is 1. The second-order valence-electron chi connectivity index (χ2n) is 4.58. The van der Waals surface area contributed by atoms with E-state index in [0.29, 0.717) is 11.6 Å². The molecule has 19 heavy (non-hydrogen) atoms. The number of nitrogens with zero attached hydrogens (tertiary/aromatic N) is 1. The molecule has 1 fully saturated rings. The predicted octanol–water partition coefficient (Wildman–Crippen LogP) is 2.05.